The maximum atomic E-state index is 5.38. The van der Waals surface area contributed by atoms with E-state index in [9.17, 15) is 0 Å². The number of aromatic nitrogens is 2. The fourth-order valence-electron chi connectivity index (χ4n) is 2.52. The molecule has 0 saturated carbocycles. The Balaban J connectivity index is 0.000000596. The average molecular weight is 351 g/mol. The summed E-state index contributed by atoms with van der Waals surface area (Å²) in [5.41, 5.74) is 2.93. The Hall–Kier alpha value is -3.54. The van der Waals surface area contributed by atoms with Gasteiger partial charge in [-0.1, -0.05) is 25.1 Å². The summed E-state index contributed by atoms with van der Waals surface area (Å²) in [6.45, 7) is 2.80. The fraction of sp³-hybridized carbons (Fsp3) is 0.200. The van der Waals surface area contributed by atoms with Gasteiger partial charge in [-0.3, -0.25) is 0 Å². The Morgan fingerprint density at radius 3 is 2.41 bits per heavy atom. The first-order valence-corrected chi connectivity index (χ1v) is 9.01. The molecule has 0 atom stereocenters. The van der Waals surface area contributed by atoms with Gasteiger partial charge in [0.2, 0.25) is 5.52 Å². The Labute approximate surface area is 162 Å². The Morgan fingerprint density at radius 1 is 0.926 bits per heavy atom. The molecule has 0 aliphatic rings. The van der Waals surface area contributed by atoms with Crippen molar-refractivity contribution in [2.75, 3.05) is 0 Å². The molecule has 1 aromatic carbocycles. The normalized spacial score (nSPS) is 9.15. The van der Waals surface area contributed by atoms with E-state index in [0.717, 1.165) is 37.2 Å². The van der Waals surface area contributed by atoms with Gasteiger partial charge in [-0.25, -0.2) is 4.98 Å². The minimum Gasteiger partial charge on any atom is -0.248 e. The second-order valence-electron chi connectivity index (χ2n) is 5.76. The van der Waals surface area contributed by atoms with E-state index in [0.29, 0.717) is 0 Å². The molecular weight excluding hydrogens is 328 g/mol. The van der Waals surface area contributed by atoms with Crippen LogP contribution in [-0.2, 0) is 6.54 Å². The van der Waals surface area contributed by atoms with Gasteiger partial charge in [0.25, 0.3) is 5.69 Å². The molecule has 0 aliphatic carbocycles. The van der Waals surface area contributed by atoms with Gasteiger partial charge in [0.1, 0.15) is 5.69 Å². The minimum atomic E-state index is 0.767. The van der Waals surface area contributed by atoms with Crippen LogP contribution in [0.15, 0.2) is 60.8 Å². The van der Waals surface area contributed by atoms with Gasteiger partial charge in [0, 0.05) is 48.9 Å². The molecule has 2 aromatic heterocycles. The first kappa shape index (κ1) is 19.8. The molecule has 2 heteroatoms. The van der Waals surface area contributed by atoms with E-state index in [1.54, 1.807) is 6.20 Å². The standard InChI is InChI=1S/C21H17N2.C4H6/c1-2-3-8-17-23-20(15-13-19-10-6-7-16-22-19)14-12-18-9-4-5-11-21(18)23;1-3-4-2/h1,4-7,9-12,14,16H,3,8,17H2;1H,4H2,2H3/q+1;. The van der Waals surface area contributed by atoms with Crippen LogP contribution in [0.5, 0.6) is 0 Å². The number of terminal acetylenes is 2. The summed E-state index contributed by atoms with van der Waals surface area (Å²) in [6.07, 6.45) is 14.5. The number of rotatable bonds is 3. The molecule has 27 heavy (non-hydrogen) atoms. The topological polar surface area (TPSA) is 16.8 Å². The lowest BCUT2D eigenvalue weighted by Gasteiger charge is -2.03. The number of hydrogen-bond acceptors (Lipinski definition) is 1. The Morgan fingerprint density at radius 2 is 1.70 bits per heavy atom. The van der Waals surface area contributed by atoms with Crippen molar-refractivity contribution < 1.29 is 4.57 Å². The van der Waals surface area contributed by atoms with E-state index in [-0.39, 0.29) is 0 Å². The van der Waals surface area contributed by atoms with Crippen molar-refractivity contribution in [2.24, 2.45) is 0 Å². The quantitative estimate of drug-likeness (QED) is 0.389. The molecule has 0 bridgehead atoms. The molecule has 2 heterocycles. The third-order valence-electron chi connectivity index (χ3n) is 3.83. The van der Waals surface area contributed by atoms with Crippen LogP contribution < -0.4 is 4.57 Å². The highest BCUT2D eigenvalue weighted by Crippen LogP contribution is 2.11. The zero-order valence-corrected chi connectivity index (χ0v) is 15.7. The van der Waals surface area contributed by atoms with Crippen molar-refractivity contribution in [1.29, 1.82) is 0 Å². The SMILES string of the molecule is C#CCC.C#CCCC[n+]1c(C#Cc2ccccn2)ccc2ccccc21. The maximum Gasteiger partial charge on any atom is 0.257 e. The molecule has 3 rings (SSSR count). The van der Waals surface area contributed by atoms with Gasteiger partial charge < -0.3 is 0 Å². The monoisotopic (exact) mass is 351 g/mol. The lowest BCUT2D eigenvalue weighted by Crippen LogP contribution is -2.38. The summed E-state index contributed by atoms with van der Waals surface area (Å²) in [7, 11) is 0. The minimum absolute atomic E-state index is 0.767. The van der Waals surface area contributed by atoms with E-state index >= 15 is 0 Å². The predicted octanol–water partition coefficient (Wildman–Crippen LogP) is 4.37. The third kappa shape index (κ3) is 6.04. The number of benzene rings is 1. The van der Waals surface area contributed by atoms with Gasteiger partial charge in [-0.2, -0.15) is 4.57 Å². The van der Waals surface area contributed by atoms with Gasteiger partial charge in [-0.15, -0.1) is 24.7 Å². The van der Waals surface area contributed by atoms with Crippen LogP contribution in [0.25, 0.3) is 10.9 Å². The van der Waals surface area contributed by atoms with Crippen LogP contribution in [-0.4, -0.2) is 4.98 Å². The first-order chi connectivity index (χ1) is 13.3. The summed E-state index contributed by atoms with van der Waals surface area (Å²) in [5.74, 6) is 11.5. The zero-order chi connectivity index (χ0) is 19.3. The Bertz CT molecular complexity index is 1010. The van der Waals surface area contributed by atoms with Crippen molar-refractivity contribution in [2.45, 2.75) is 32.7 Å². The van der Waals surface area contributed by atoms with E-state index in [4.69, 9.17) is 12.8 Å². The first-order valence-electron chi connectivity index (χ1n) is 9.01. The summed E-state index contributed by atoms with van der Waals surface area (Å²) in [6, 6.07) is 18.3. The van der Waals surface area contributed by atoms with Crippen molar-refractivity contribution in [3.8, 4) is 36.5 Å². The number of pyridine rings is 2. The van der Waals surface area contributed by atoms with Crippen LogP contribution in [0.4, 0.5) is 0 Å². The summed E-state index contributed by atoms with van der Waals surface area (Å²) in [5, 5.41) is 1.21. The fourth-order valence-corrected chi connectivity index (χ4v) is 2.52. The van der Waals surface area contributed by atoms with Gasteiger partial charge >= 0.3 is 0 Å². The molecule has 0 amide bonds. The lowest BCUT2D eigenvalue weighted by atomic mass is 10.1. The number of unbranched alkanes of at least 4 members (excludes halogenated alkanes) is 1. The van der Waals surface area contributed by atoms with E-state index in [2.05, 4.69) is 63.6 Å². The predicted molar refractivity (Wildman–Crippen MR) is 112 cm³/mol. The van der Waals surface area contributed by atoms with Crippen molar-refractivity contribution in [1.82, 2.24) is 4.98 Å². The molecule has 0 fully saturated rings. The number of aryl methyl sites for hydroxylation is 1. The van der Waals surface area contributed by atoms with Crippen LogP contribution >= 0.6 is 0 Å². The molecule has 0 unspecified atom stereocenters. The van der Waals surface area contributed by atoms with E-state index < -0.39 is 0 Å². The number of para-hydroxylation sites is 1. The molecule has 132 valence electrons. The second kappa shape index (κ2) is 11.1. The summed E-state index contributed by atoms with van der Waals surface area (Å²) in [4.78, 5) is 4.25. The van der Waals surface area contributed by atoms with Crippen LogP contribution in [0.2, 0.25) is 0 Å². The highest BCUT2D eigenvalue weighted by Gasteiger charge is 2.13. The van der Waals surface area contributed by atoms with Crippen LogP contribution in [0.3, 0.4) is 0 Å². The molecular formula is C25H23N2+. The lowest BCUT2D eigenvalue weighted by molar-refractivity contribution is -0.674. The molecule has 3 aromatic rings. The highest BCUT2D eigenvalue weighted by atomic mass is 15.0. The van der Waals surface area contributed by atoms with Gasteiger partial charge in [-0.05, 0) is 30.2 Å². The number of nitrogens with zero attached hydrogens (tertiary/aromatic N) is 2. The molecule has 0 N–H and O–H groups in total. The largest absolute Gasteiger partial charge is 0.257 e. The smallest absolute Gasteiger partial charge is 0.248 e. The summed E-state index contributed by atoms with van der Waals surface area (Å²) >= 11 is 0. The molecule has 2 nitrogen and oxygen atoms in total. The molecule has 0 aliphatic heterocycles. The average Bonchev–Trinajstić information content (AvgIpc) is 2.74. The summed E-state index contributed by atoms with van der Waals surface area (Å²) < 4.78 is 2.24. The highest BCUT2D eigenvalue weighted by molar-refractivity contribution is 5.75. The van der Waals surface area contributed by atoms with Gasteiger partial charge in [0.05, 0.1) is 0 Å². The van der Waals surface area contributed by atoms with Crippen molar-refractivity contribution >= 4 is 10.9 Å². The molecule has 0 spiro atoms. The third-order valence-corrected chi connectivity index (χ3v) is 3.83. The molecule has 0 saturated heterocycles. The maximum absolute atomic E-state index is 5.38. The molecule has 0 radical (unpaired) electrons. The Kier molecular flexibility index (Phi) is 8.17. The number of hydrogen-bond donors (Lipinski definition) is 0. The zero-order valence-electron chi connectivity index (χ0n) is 15.7. The van der Waals surface area contributed by atoms with Crippen LogP contribution in [0.1, 0.15) is 37.6 Å². The van der Waals surface area contributed by atoms with Gasteiger partial charge in [0.15, 0.2) is 6.54 Å². The second-order valence-corrected chi connectivity index (χ2v) is 5.76. The van der Waals surface area contributed by atoms with E-state index in [1.807, 2.05) is 31.2 Å². The van der Waals surface area contributed by atoms with Crippen LogP contribution in [0, 0.1) is 36.5 Å². The number of fused-ring (bicyclic) bond motifs is 1. The van der Waals surface area contributed by atoms with Crippen molar-refractivity contribution in [3.05, 3.63) is 72.2 Å². The van der Waals surface area contributed by atoms with Crippen molar-refractivity contribution in [3.63, 3.8) is 0 Å². The van der Waals surface area contributed by atoms with E-state index in [1.165, 1.54) is 10.9 Å².